The summed E-state index contributed by atoms with van der Waals surface area (Å²) in [5, 5.41) is 0. The molecule has 0 fully saturated rings. The first-order valence-electron chi connectivity index (χ1n) is 8.19. The van der Waals surface area contributed by atoms with Crippen LogP contribution < -0.4 is 15.9 Å². The lowest BCUT2D eigenvalue weighted by molar-refractivity contribution is 0.340. The summed E-state index contributed by atoms with van der Waals surface area (Å²) in [7, 11) is 0. The van der Waals surface area contributed by atoms with Crippen molar-refractivity contribution in [1.29, 1.82) is 0 Å². The molecule has 0 saturated heterocycles. The molecule has 3 rings (SSSR count). The molecule has 1 heterocycles. The Kier molecular flexibility index (Phi) is 4.84. The second-order valence-electron chi connectivity index (χ2n) is 5.82. The number of aryl methyl sites for hydroxylation is 1. The first-order valence-corrected chi connectivity index (χ1v) is 8.19. The molecule has 128 valence electrons. The first-order chi connectivity index (χ1) is 12.1. The van der Waals surface area contributed by atoms with E-state index in [-0.39, 0.29) is 0 Å². The Bertz CT molecular complexity index is 985. The highest BCUT2D eigenvalue weighted by Gasteiger charge is 2.07. The van der Waals surface area contributed by atoms with E-state index in [0.29, 0.717) is 18.8 Å². The van der Waals surface area contributed by atoms with Crippen LogP contribution in [0.25, 0.3) is 5.69 Å². The summed E-state index contributed by atoms with van der Waals surface area (Å²) in [6.45, 7) is 4.86. The van der Waals surface area contributed by atoms with Gasteiger partial charge in [0.1, 0.15) is 5.75 Å². The fourth-order valence-electron chi connectivity index (χ4n) is 2.71. The molecule has 0 unspecified atom stereocenters. The van der Waals surface area contributed by atoms with Gasteiger partial charge >= 0.3 is 11.1 Å². The monoisotopic (exact) mass is 336 g/mol. The number of aromatic nitrogens is 2. The van der Waals surface area contributed by atoms with Gasteiger partial charge in [-0.15, -0.1) is 0 Å². The molecule has 0 N–H and O–H groups in total. The smallest absolute Gasteiger partial charge is 0.320 e. The molecule has 0 aliphatic rings. The third-order valence-electron chi connectivity index (χ3n) is 3.92. The minimum Gasteiger partial charge on any atom is -0.494 e. The summed E-state index contributed by atoms with van der Waals surface area (Å²) in [5.41, 5.74) is 1.62. The topological polar surface area (TPSA) is 53.2 Å². The molecule has 3 aromatic rings. The summed E-state index contributed by atoms with van der Waals surface area (Å²) in [4.78, 5) is 24.9. The second-order valence-corrected chi connectivity index (χ2v) is 5.82. The van der Waals surface area contributed by atoms with Crippen molar-refractivity contribution in [2.45, 2.75) is 20.4 Å². The van der Waals surface area contributed by atoms with Crippen LogP contribution in [0.2, 0.25) is 0 Å². The van der Waals surface area contributed by atoms with Crippen LogP contribution in [0.3, 0.4) is 0 Å². The van der Waals surface area contributed by atoms with E-state index in [0.717, 1.165) is 16.9 Å². The Morgan fingerprint density at radius 1 is 0.960 bits per heavy atom. The summed E-state index contributed by atoms with van der Waals surface area (Å²) in [6, 6.07) is 15.0. The van der Waals surface area contributed by atoms with Crippen LogP contribution in [0.4, 0.5) is 0 Å². The maximum atomic E-state index is 12.5. The number of hydrogen-bond acceptors (Lipinski definition) is 3. The van der Waals surface area contributed by atoms with Crippen LogP contribution in [0.15, 0.2) is 70.5 Å². The van der Waals surface area contributed by atoms with Crippen LogP contribution >= 0.6 is 0 Å². The third-order valence-corrected chi connectivity index (χ3v) is 3.92. The molecule has 25 heavy (non-hydrogen) atoms. The van der Waals surface area contributed by atoms with Gasteiger partial charge in [0.2, 0.25) is 0 Å². The van der Waals surface area contributed by atoms with Crippen molar-refractivity contribution < 1.29 is 4.74 Å². The summed E-state index contributed by atoms with van der Waals surface area (Å²) in [6.07, 6.45) is 3.26. The zero-order chi connectivity index (χ0) is 17.8. The Morgan fingerprint density at radius 2 is 1.72 bits per heavy atom. The minimum absolute atomic E-state index is 0.375. The fraction of sp³-hybridized carbons (Fsp3) is 0.200. The number of nitrogens with zero attached hydrogens (tertiary/aromatic N) is 2. The molecule has 1 aromatic heterocycles. The first kappa shape index (κ1) is 16.8. The average Bonchev–Trinajstić information content (AvgIpc) is 2.60. The normalized spacial score (nSPS) is 10.6. The number of rotatable bonds is 5. The quantitative estimate of drug-likeness (QED) is 0.673. The van der Waals surface area contributed by atoms with Crippen molar-refractivity contribution in [2.75, 3.05) is 6.61 Å². The van der Waals surface area contributed by atoms with E-state index in [2.05, 4.69) is 0 Å². The summed E-state index contributed by atoms with van der Waals surface area (Å²) >= 11 is 0. The van der Waals surface area contributed by atoms with Gasteiger partial charge in [-0.3, -0.25) is 14.2 Å². The van der Waals surface area contributed by atoms with E-state index in [1.807, 2.05) is 38.1 Å². The van der Waals surface area contributed by atoms with E-state index in [4.69, 9.17) is 4.74 Å². The molecule has 0 spiro atoms. The van der Waals surface area contributed by atoms with Gasteiger partial charge in [0.25, 0.3) is 0 Å². The maximum absolute atomic E-state index is 12.5. The molecule has 0 aliphatic carbocycles. The van der Waals surface area contributed by atoms with Crippen molar-refractivity contribution >= 4 is 0 Å². The van der Waals surface area contributed by atoms with Crippen molar-refractivity contribution in [2.24, 2.45) is 0 Å². The SMILES string of the molecule is CCOc1ccc(-n2ccn(Cc3cccc(C)c3)c(=O)c2=O)cc1. The molecule has 0 saturated carbocycles. The van der Waals surface area contributed by atoms with Crippen LogP contribution in [-0.4, -0.2) is 15.7 Å². The van der Waals surface area contributed by atoms with E-state index >= 15 is 0 Å². The zero-order valence-corrected chi connectivity index (χ0v) is 14.3. The van der Waals surface area contributed by atoms with E-state index in [1.165, 1.54) is 9.13 Å². The van der Waals surface area contributed by atoms with Gasteiger partial charge in [-0.25, -0.2) is 0 Å². The Morgan fingerprint density at radius 3 is 2.40 bits per heavy atom. The van der Waals surface area contributed by atoms with Gasteiger partial charge in [0, 0.05) is 18.1 Å². The molecule has 0 amide bonds. The van der Waals surface area contributed by atoms with Gasteiger partial charge in [0.05, 0.1) is 13.2 Å². The molecule has 2 aromatic carbocycles. The van der Waals surface area contributed by atoms with Crippen molar-refractivity contribution in [1.82, 2.24) is 9.13 Å². The summed E-state index contributed by atoms with van der Waals surface area (Å²) in [5.74, 6) is 0.729. The predicted molar refractivity (Wildman–Crippen MR) is 97.7 cm³/mol. The molecule has 5 nitrogen and oxygen atoms in total. The zero-order valence-electron chi connectivity index (χ0n) is 14.3. The Balaban J connectivity index is 1.92. The van der Waals surface area contributed by atoms with Gasteiger partial charge in [-0.2, -0.15) is 0 Å². The molecule has 5 heteroatoms. The fourth-order valence-corrected chi connectivity index (χ4v) is 2.71. The molecule has 0 atom stereocenters. The van der Waals surface area contributed by atoms with Crippen molar-refractivity contribution in [3.05, 3.63) is 92.8 Å². The van der Waals surface area contributed by atoms with E-state index in [1.54, 1.807) is 36.7 Å². The van der Waals surface area contributed by atoms with Crippen LogP contribution in [-0.2, 0) is 6.54 Å². The third kappa shape index (κ3) is 3.71. The molecule has 0 aliphatic heterocycles. The number of ether oxygens (including phenoxy) is 1. The number of benzene rings is 2. The number of hydrogen-bond donors (Lipinski definition) is 0. The Hall–Kier alpha value is -3.08. The van der Waals surface area contributed by atoms with Crippen LogP contribution in [0.1, 0.15) is 18.1 Å². The highest BCUT2D eigenvalue weighted by molar-refractivity contribution is 5.37. The predicted octanol–water partition coefficient (Wildman–Crippen LogP) is 2.75. The van der Waals surface area contributed by atoms with E-state index in [9.17, 15) is 9.59 Å². The molecule has 0 bridgehead atoms. The molecular formula is C20H20N2O3. The summed E-state index contributed by atoms with van der Waals surface area (Å²) < 4.78 is 8.18. The van der Waals surface area contributed by atoms with Crippen molar-refractivity contribution in [3.63, 3.8) is 0 Å². The highest BCUT2D eigenvalue weighted by atomic mass is 16.5. The second kappa shape index (κ2) is 7.21. The Labute approximate surface area is 145 Å². The van der Waals surface area contributed by atoms with E-state index < -0.39 is 11.1 Å². The largest absolute Gasteiger partial charge is 0.494 e. The molecular weight excluding hydrogens is 316 g/mol. The minimum atomic E-state index is -0.570. The van der Waals surface area contributed by atoms with Gasteiger partial charge in [-0.1, -0.05) is 29.8 Å². The lowest BCUT2D eigenvalue weighted by Crippen LogP contribution is -2.40. The lowest BCUT2D eigenvalue weighted by atomic mass is 10.1. The average molecular weight is 336 g/mol. The highest BCUT2D eigenvalue weighted by Crippen LogP contribution is 2.14. The van der Waals surface area contributed by atoms with Crippen molar-refractivity contribution in [3.8, 4) is 11.4 Å². The standard InChI is InChI=1S/C20H20N2O3/c1-3-25-18-9-7-17(8-10-18)22-12-11-21(19(23)20(22)24)14-16-6-4-5-15(2)13-16/h4-13H,3,14H2,1-2H3. The van der Waals surface area contributed by atoms with Crippen LogP contribution in [0, 0.1) is 6.92 Å². The van der Waals surface area contributed by atoms with Gasteiger partial charge < -0.3 is 9.30 Å². The lowest BCUT2D eigenvalue weighted by Gasteiger charge is -2.10. The van der Waals surface area contributed by atoms with Gasteiger partial charge in [-0.05, 0) is 43.7 Å². The van der Waals surface area contributed by atoms with Crippen LogP contribution in [0.5, 0.6) is 5.75 Å². The molecule has 0 radical (unpaired) electrons. The maximum Gasteiger partial charge on any atom is 0.320 e. The van der Waals surface area contributed by atoms with Gasteiger partial charge in [0.15, 0.2) is 0 Å².